The standard InChI is InChI=1S/C8H4O6/c9-7(10)5-1-3-4(14-5)2-6(13-3)8(11)12/h1-2H,(H,9,10)(H,11,12). The lowest BCUT2D eigenvalue weighted by Gasteiger charge is -1.83. The highest BCUT2D eigenvalue weighted by molar-refractivity contribution is 5.93. The molecule has 0 aromatic carbocycles. The minimum Gasteiger partial charge on any atom is -0.475 e. The van der Waals surface area contributed by atoms with Crippen LogP contribution < -0.4 is 0 Å². The number of hydrogen-bond acceptors (Lipinski definition) is 4. The Balaban J connectivity index is 2.56. The number of carbonyl (C=O) groups is 2. The van der Waals surface area contributed by atoms with E-state index in [1.807, 2.05) is 0 Å². The van der Waals surface area contributed by atoms with Gasteiger partial charge in [0.15, 0.2) is 11.2 Å². The third-order valence-electron chi connectivity index (χ3n) is 1.63. The molecule has 2 rings (SSSR count). The van der Waals surface area contributed by atoms with Gasteiger partial charge in [-0.1, -0.05) is 0 Å². The van der Waals surface area contributed by atoms with Gasteiger partial charge in [-0.05, 0) is 0 Å². The molecule has 0 unspecified atom stereocenters. The minimum absolute atomic E-state index is 0.111. The molecular weight excluding hydrogens is 192 g/mol. The van der Waals surface area contributed by atoms with Crippen molar-refractivity contribution in [1.82, 2.24) is 0 Å². The molecule has 2 aromatic rings. The number of carboxylic acids is 2. The molecule has 2 heterocycles. The van der Waals surface area contributed by atoms with Gasteiger partial charge in [0, 0.05) is 12.1 Å². The Morgan fingerprint density at radius 2 is 1.29 bits per heavy atom. The molecule has 0 aliphatic carbocycles. The lowest BCUT2D eigenvalue weighted by atomic mass is 10.4. The topological polar surface area (TPSA) is 101 Å². The summed E-state index contributed by atoms with van der Waals surface area (Å²) in [6.45, 7) is 0. The molecule has 0 amide bonds. The number of fused-ring (bicyclic) bond motifs is 1. The largest absolute Gasteiger partial charge is 0.475 e. The van der Waals surface area contributed by atoms with Gasteiger partial charge in [-0.2, -0.15) is 0 Å². The van der Waals surface area contributed by atoms with E-state index in [9.17, 15) is 9.59 Å². The Kier molecular flexibility index (Phi) is 1.57. The highest BCUT2D eigenvalue weighted by Crippen LogP contribution is 2.23. The summed E-state index contributed by atoms with van der Waals surface area (Å²) >= 11 is 0. The number of aromatic carboxylic acids is 2. The molecule has 0 aliphatic heterocycles. The smallest absolute Gasteiger partial charge is 0.371 e. The zero-order valence-electron chi connectivity index (χ0n) is 6.68. The van der Waals surface area contributed by atoms with Gasteiger partial charge in [0.2, 0.25) is 11.5 Å². The van der Waals surface area contributed by atoms with Crippen molar-refractivity contribution in [2.75, 3.05) is 0 Å². The van der Waals surface area contributed by atoms with E-state index in [2.05, 4.69) is 0 Å². The van der Waals surface area contributed by atoms with Crippen molar-refractivity contribution >= 4 is 23.1 Å². The molecule has 0 spiro atoms. The quantitative estimate of drug-likeness (QED) is 0.753. The molecule has 2 aromatic heterocycles. The SMILES string of the molecule is O=C(O)c1cc2oc(C(=O)O)cc2o1. The molecule has 0 aliphatic rings. The summed E-state index contributed by atoms with van der Waals surface area (Å²) in [6.07, 6.45) is 0. The van der Waals surface area contributed by atoms with Crippen LogP contribution in [0.3, 0.4) is 0 Å². The van der Waals surface area contributed by atoms with Crippen molar-refractivity contribution in [1.29, 1.82) is 0 Å². The average Bonchev–Trinajstić information content (AvgIpc) is 2.57. The molecule has 0 saturated heterocycles. The fraction of sp³-hybridized carbons (Fsp3) is 0. The molecule has 0 saturated carbocycles. The van der Waals surface area contributed by atoms with E-state index < -0.39 is 11.9 Å². The van der Waals surface area contributed by atoms with Crippen LogP contribution in [0.25, 0.3) is 11.2 Å². The number of rotatable bonds is 2. The maximum absolute atomic E-state index is 10.4. The molecule has 2 N–H and O–H groups in total. The van der Waals surface area contributed by atoms with E-state index in [4.69, 9.17) is 19.0 Å². The van der Waals surface area contributed by atoms with E-state index in [-0.39, 0.29) is 22.7 Å². The highest BCUT2D eigenvalue weighted by Gasteiger charge is 2.17. The van der Waals surface area contributed by atoms with Gasteiger partial charge in [0.25, 0.3) is 0 Å². The molecule has 6 nitrogen and oxygen atoms in total. The van der Waals surface area contributed by atoms with Gasteiger partial charge in [0.1, 0.15) is 0 Å². The lowest BCUT2D eigenvalue weighted by Crippen LogP contribution is -1.93. The first-order valence-corrected chi connectivity index (χ1v) is 3.58. The second-order valence-electron chi connectivity index (χ2n) is 2.56. The van der Waals surface area contributed by atoms with E-state index >= 15 is 0 Å². The number of carboxylic acid groups (broad SMARTS) is 2. The second kappa shape index (κ2) is 2.63. The summed E-state index contributed by atoms with van der Waals surface area (Å²) in [7, 11) is 0. The Morgan fingerprint density at radius 3 is 1.57 bits per heavy atom. The molecule has 14 heavy (non-hydrogen) atoms. The molecule has 0 radical (unpaired) electrons. The highest BCUT2D eigenvalue weighted by atomic mass is 16.4. The van der Waals surface area contributed by atoms with Crippen molar-refractivity contribution in [3.8, 4) is 0 Å². The Hall–Kier alpha value is -2.24. The van der Waals surface area contributed by atoms with Crippen LogP contribution in [0.2, 0.25) is 0 Å². The molecule has 0 fully saturated rings. The van der Waals surface area contributed by atoms with Crippen LogP contribution in [0, 0.1) is 0 Å². The lowest BCUT2D eigenvalue weighted by molar-refractivity contribution is 0.0658. The van der Waals surface area contributed by atoms with Crippen molar-refractivity contribution in [3.63, 3.8) is 0 Å². The first kappa shape index (κ1) is 8.36. The van der Waals surface area contributed by atoms with E-state index in [0.717, 1.165) is 12.1 Å². The first-order chi connectivity index (χ1) is 6.58. The normalized spacial score (nSPS) is 10.6. The van der Waals surface area contributed by atoms with Crippen LogP contribution in [0.1, 0.15) is 21.1 Å². The van der Waals surface area contributed by atoms with E-state index in [1.54, 1.807) is 0 Å². The minimum atomic E-state index is -1.23. The summed E-state index contributed by atoms with van der Waals surface area (Å²) in [6, 6.07) is 2.26. The third kappa shape index (κ3) is 1.13. The molecular formula is C8H4O6. The number of furan rings is 2. The Labute approximate surface area is 76.3 Å². The summed E-state index contributed by atoms with van der Waals surface area (Å²) < 4.78 is 9.61. The van der Waals surface area contributed by atoms with Crippen LogP contribution >= 0.6 is 0 Å². The monoisotopic (exact) mass is 196 g/mol. The zero-order valence-corrected chi connectivity index (χ0v) is 6.68. The van der Waals surface area contributed by atoms with Crippen LogP contribution in [-0.4, -0.2) is 22.2 Å². The van der Waals surface area contributed by atoms with Crippen molar-refractivity contribution in [2.24, 2.45) is 0 Å². The predicted octanol–water partition coefficient (Wildman–Crippen LogP) is 1.42. The summed E-state index contributed by atoms with van der Waals surface area (Å²) in [4.78, 5) is 20.9. The van der Waals surface area contributed by atoms with Crippen molar-refractivity contribution in [2.45, 2.75) is 0 Å². The van der Waals surface area contributed by atoms with Crippen LogP contribution in [-0.2, 0) is 0 Å². The van der Waals surface area contributed by atoms with Gasteiger partial charge in [0.05, 0.1) is 0 Å². The zero-order chi connectivity index (χ0) is 10.3. The maximum Gasteiger partial charge on any atom is 0.371 e. The Morgan fingerprint density at radius 1 is 0.929 bits per heavy atom. The van der Waals surface area contributed by atoms with Gasteiger partial charge in [-0.3, -0.25) is 0 Å². The molecule has 6 heteroatoms. The van der Waals surface area contributed by atoms with Gasteiger partial charge < -0.3 is 19.0 Å². The van der Waals surface area contributed by atoms with Crippen LogP contribution in [0.15, 0.2) is 21.0 Å². The summed E-state index contributed by atoms with van der Waals surface area (Å²) in [5.74, 6) is -3.02. The first-order valence-electron chi connectivity index (χ1n) is 3.58. The molecule has 0 bridgehead atoms. The fourth-order valence-corrected chi connectivity index (χ4v) is 1.05. The maximum atomic E-state index is 10.4. The average molecular weight is 196 g/mol. The third-order valence-corrected chi connectivity index (χ3v) is 1.63. The van der Waals surface area contributed by atoms with E-state index in [0.29, 0.717) is 0 Å². The molecule has 72 valence electrons. The summed E-state index contributed by atoms with van der Waals surface area (Å²) in [5.41, 5.74) is 0.222. The predicted molar refractivity (Wildman–Crippen MR) is 42.4 cm³/mol. The van der Waals surface area contributed by atoms with Crippen LogP contribution in [0.4, 0.5) is 0 Å². The fourth-order valence-electron chi connectivity index (χ4n) is 1.05. The number of hydrogen-bond donors (Lipinski definition) is 2. The Bertz CT molecular complexity index is 442. The van der Waals surface area contributed by atoms with Crippen molar-refractivity contribution in [3.05, 3.63) is 23.7 Å². The van der Waals surface area contributed by atoms with E-state index in [1.165, 1.54) is 0 Å². The molecule has 0 atom stereocenters. The van der Waals surface area contributed by atoms with Crippen LogP contribution in [0.5, 0.6) is 0 Å². The second-order valence-corrected chi connectivity index (χ2v) is 2.56. The van der Waals surface area contributed by atoms with Gasteiger partial charge in [-0.15, -0.1) is 0 Å². The van der Waals surface area contributed by atoms with Gasteiger partial charge >= 0.3 is 11.9 Å². The van der Waals surface area contributed by atoms with Gasteiger partial charge in [-0.25, -0.2) is 9.59 Å². The summed E-state index contributed by atoms with van der Waals surface area (Å²) in [5, 5.41) is 17.1. The van der Waals surface area contributed by atoms with Crippen molar-refractivity contribution < 1.29 is 28.6 Å².